The normalized spacial score (nSPS) is 26.9. The predicted molar refractivity (Wildman–Crippen MR) is 109 cm³/mol. The zero-order valence-electron chi connectivity index (χ0n) is 16.1. The molecule has 27 heavy (non-hydrogen) atoms. The van der Waals surface area contributed by atoms with Crippen LogP contribution in [0.15, 0.2) is 16.3 Å². The second-order valence-corrected chi connectivity index (χ2v) is 11.7. The SMILES string of the molecule is CC1CC(C)CN(C(=O)C(C)N2CCN(S(=O)(=O)c3ccc(Cl)s3)CC2)C1. The maximum absolute atomic E-state index is 12.9. The van der Waals surface area contributed by atoms with Gasteiger partial charge in [0.25, 0.3) is 10.0 Å². The molecule has 2 fully saturated rings. The summed E-state index contributed by atoms with van der Waals surface area (Å²) in [7, 11) is -3.50. The Morgan fingerprint density at radius 2 is 1.74 bits per heavy atom. The summed E-state index contributed by atoms with van der Waals surface area (Å²) in [5.74, 6) is 1.23. The van der Waals surface area contributed by atoms with Gasteiger partial charge in [0, 0.05) is 39.3 Å². The van der Waals surface area contributed by atoms with Gasteiger partial charge in [0.15, 0.2) is 0 Å². The topological polar surface area (TPSA) is 60.9 Å². The molecule has 3 heterocycles. The molecule has 9 heteroatoms. The molecular weight excluding hydrogens is 406 g/mol. The number of rotatable bonds is 4. The van der Waals surface area contributed by atoms with E-state index in [1.54, 1.807) is 12.1 Å². The molecule has 0 N–H and O–H groups in total. The molecule has 152 valence electrons. The number of piperidine rings is 1. The second-order valence-electron chi connectivity index (χ2n) is 7.86. The number of piperazine rings is 1. The Labute approximate surface area is 171 Å². The van der Waals surface area contributed by atoms with Crippen molar-refractivity contribution in [3.63, 3.8) is 0 Å². The predicted octanol–water partition coefficient (Wildman–Crippen LogP) is 2.60. The lowest BCUT2D eigenvalue weighted by molar-refractivity contribution is -0.139. The van der Waals surface area contributed by atoms with Gasteiger partial charge in [0.2, 0.25) is 5.91 Å². The number of nitrogens with zero attached hydrogens (tertiary/aromatic N) is 3. The number of amides is 1. The van der Waals surface area contributed by atoms with Crippen molar-refractivity contribution in [3.8, 4) is 0 Å². The average molecular weight is 434 g/mol. The Balaban J connectivity index is 1.59. The Morgan fingerprint density at radius 3 is 2.26 bits per heavy atom. The van der Waals surface area contributed by atoms with Crippen molar-refractivity contribution >= 4 is 38.9 Å². The molecule has 1 aromatic rings. The van der Waals surface area contributed by atoms with Gasteiger partial charge in [0.05, 0.1) is 10.4 Å². The van der Waals surface area contributed by atoms with E-state index < -0.39 is 10.0 Å². The van der Waals surface area contributed by atoms with Crippen LogP contribution in [0, 0.1) is 11.8 Å². The lowest BCUT2D eigenvalue weighted by atomic mass is 9.91. The molecule has 2 saturated heterocycles. The monoisotopic (exact) mass is 433 g/mol. The number of sulfonamides is 1. The minimum absolute atomic E-state index is 0.162. The molecule has 0 saturated carbocycles. The Bertz CT molecular complexity index is 765. The smallest absolute Gasteiger partial charge is 0.252 e. The molecule has 0 spiro atoms. The van der Waals surface area contributed by atoms with E-state index in [1.165, 1.54) is 10.7 Å². The van der Waals surface area contributed by atoms with Crippen LogP contribution in [0.4, 0.5) is 0 Å². The number of thiophene rings is 1. The third-order valence-electron chi connectivity index (χ3n) is 5.50. The summed E-state index contributed by atoms with van der Waals surface area (Å²) in [6.07, 6.45) is 1.17. The summed E-state index contributed by atoms with van der Waals surface area (Å²) in [4.78, 5) is 17.0. The fraction of sp³-hybridized carbons (Fsp3) is 0.722. The van der Waals surface area contributed by atoms with Gasteiger partial charge in [-0.2, -0.15) is 4.31 Å². The van der Waals surface area contributed by atoms with Crippen LogP contribution in [0.3, 0.4) is 0 Å². The minimum atomic E-state index is -3.50. The highest BCUT2D eigenvalue weighted by Gasteiger charge is 2.35. The summed E-state index contributed by atoms with van der Waals surface area (Å²) in [6, 6.07) is 2.94. The van der Waals surface area contributed by atoms with E-state index in [4.69, 9.17) is 11.6 Å². The maximum Gasteiger partial charge on any atom is 0.252 e. The largest absolute Gasteiger partial charge is 0.341 e. The van der Waals surface area contributed by atoms with E-state index in [2.05, 4.69) is 18.7 Å². The highest BCUT2D eigenvalue weighted by Crippen LogP contribution is 2.29. The van der Waals surface area contributed by atoms with Gasteiger partial charge in [-0.1, -0.05) is 25.4 Å². The van der Waals surface area contributed by atoms with E-state index in [9.17, 15) is 13.2 Å². The van der Waals surface area contributed by atoms with Gasteiger partial charge in [-0.15, -0.1) is 11.3 Å². The molecule has 0 aromatic carbocycles. The highest BCUT2D eigenvalue weighted by atomic mass is 35.5. The summed E-state index contributed by atoms with van der Waals surface area (Å²) < 4.78 is 27.7. The fourth-order valence-electron chi connectivity index (χ4n) is 4.16. The molecular formula is C18H28ClN3O3S2. The van der Waals surface area contributed by atoms with Gasteiger partial charge in [-0.05, 0) is 37.3 Å². The van der Waals surface area contributed by atoms with E-state index in [0.717, 1.165) is 24.4 Å². The van der Waals surface area contributed by atoms with Crippen molar-refractivity contribution in [1.29, 1.82) is 0 Å². The molecule has 0 bridgehead atoms. The fourth-order valence-corrected chi connectivity index (χ4v) is 7.22. The zero-order valence-corrected chi connectivity index (χ0v) is 18.5. The second kappa shape index (κ2) is 8.37. The summed E-state index contributed by atoms with van der Waals surface area (Å²) in [5.41, 5.74) is 0. The van der Waals surface area contributed by atoms with Crippen molar-refractivity contribution in [2.75, 3.05) is 39.3 Å². The number of carbonyl (C=O) groups excluding carboxylic acids is 1. The van der Waals surface area contributed by atoms with Crippen molar-refractivity contribution < 1.29 is 13.2 Å². The van der Waals surface area contributed by atoms with Crippen LogP contribution in [0.2, 0.25) is 4.34 Å². The number of carbonyl (C=O) groups is 1. The molecule has 2 aliphatic rings. The molecule has 3 unspecified atom stereocenters. The number of hydrogen-bond donors (Lipinski definition) is 0. The first-order chi connectivity index (χ1) is 12.7. The maximum atomic E-state index is 12.9. The summed E-state index contributed by atoms with van der Waals surface area (Å²) in [6.45, 7) is 9.87. The average Bonchev–Trinajstić information content (AvgIpc) is 3.07. The van der Waals surface area contributed by atoms with Crippen LogP contribution in [0.5, 0.6) is 0 Å². The van der Waals surface area contributed by atoms with Gasteiger partial charge in [-0.3, -0.25) is 9.69 Å². The zero-order chi connectivity index (χ0) is 19.8. The summed E-state index contributed by atoms with van der Waals surface area (Å²) in [5, 5.41) is 0. The Hall–Kier alpha value is -0.670. The van der Waals surface area contributed by atoms with Crippen molar-refractivity contribution in [1.82, 2.24) is 14.1 Å². The first kappa shape index (κ1) is 21.0. The standard InChI is InChI=1S/C18H28ClN3O3S2/c1-13-10-14(2)12-21(11-13)18(23)15(3)20-6-8-22(9-7-20)27(24,25)17-5-4-16(19)26-17/h4-5,13-15H,6-12H2,1-3H3. The molecule has 0 radical (unpaired) electrons. The van der Waals surface area contributed by atoms with Crippen LogP contribution < -0.4 is 0 Å². The molecule has 1 amide bonds. The minimum Gasteiger partial charge on any atom is -0.341 e. The Morgan fingerprint density at radius 1 is 1.15 bits per heavy atom. The van der Waals surface area contributed by atoms with Gasteiger partial charge in [0.1, 0.15) is 4.21 Å². The first-order valence-electron chi connectivity index (χ1n) is 9.46. The Kier molecular flexibility index (Phi) is 6.52. The lowest BCUT2D eigenvalue weighted by Gasteiger charge is -2.41. The number of likely N-dealkylation sites (tertiary alicyclic amines) is 1. The number of halogens is 1. The van der Waals surface area contributed by atoms with Gasteiger partial charge < -0.3 is 4.90 Å². The van der Waals surface area contributed by atoms with E-state index in [-0.39, 0.29) is 16.2 Å². The molecule has 2 aliphatic heterocycles. The van der Waals surface area contributed by atoms with Crippen LogP contribution in [0.25, 0.3) is 0 Å². The van der Waals surface area contributed by atoms with Gasteiger partial charge >= 0.3 is 0 Å². The number of hydrogen-bond acceptors (Lipinski definition) is 5. The summed E-state index contributed by atoms with van der Waals surface area (Å²) >= 11 is 6.97. The van der Waals surface area contributed by atoms with E-state index >= 15 is 0 Å². The van der Waals surface area contributed by atoms with Gasteiger partial charge in [-0.25, -0.2) is 8.42 Å². The molecule has 0 aliphatic carbocycles. The quantitative estimate of drug-likeness (QED) is 0.732. The van der Waals surface area contributed by atoms with Crippen LogP contribution >= 0.6 is 22.9 Å². The molecule has 3 rings (SSSR count). The molecule has 3 atom stereocenters. The third kappa shape index (κ3) is 4.67. The molecule has 1 aromatic heterocycles. The lowest BCUT2D eigenvalue weighted by Crippen LogP contribution is -2.56. The van der Waals surface area contributed by atoms with Crippen molar-refractivity contribution in [3.05, 3.63) is 16.5 Å². The van der Waals surface area contributed by atoms with Crippen molar-refractivity contribution in [2.45, 2.75) is 37.4 Å². The first-order valence-corrected chi connectivity index (χ1v) is 12.1. The van der Waals surface area contributed by atoms with Crippen LogP contribution in [-0.2, 0) is 14.8 Å². The van der Waals surface area contributed by atoms with Crippen LogP contribution in [-0.4, -0.2) is 73.7 Å². The third-order valence-corrected chi connectivity index (χ3v) is 9.10. The van der Waals surface area contributed by atoms with E-state index in [0.29, 0.717) is 42.4 Å². The van der Waals surface area contributed by atoms with E-state index in [1.807, 2.05) is 11.8 Å². The van der Waals surface area contributed by atoms with Crippen LogP contribution in [0.1, 0.15) is 27.2 Å². The molecule has 6 nitrogen and oxygen atoms in total. The highest BCUT2D eigenvalue weighted by molar-refractivity contribution is 7.91. The van der Waals surface area contributed by atoms with Crippen molar-refractivity contribution in [2.24, 2.45) is 11.8 Å².